The largest absolute Gasteiger partial charge is 0.483 e. The zero-order valence-electron chi connectivity index (χ0n) is 32.8. The Kier molecular flexibility index (Phi) is 10.3. The number of hydrogen-bond acceptors (Lipinski definition) is 9. The Labute approximate surface area is 332 Å². The van der Waals surface area contributed by atoms with E-state index in [1.807, 2.05) is 43.3 Å². The van der Waals surface area contributed by atoms with E-state index in [0.717, 1.165) is 29.3 Å². The fraction of sp³-hybridized carbons (Fsp3) is 0.651. The number of benzene rings is 1. The van der Waals surface area contributed by atoms with E-state index in [1.165, 1.54) is 4.90 Å². The van der Waals surface area contributed by atoms with Gasteiger partial charge in [-0.15, -0.1) is 0 Å². The summed E-state index contributed by atoms with van der Waals surface area (Å²) in [5.41, 5.74) is 0.323. The molecule has 0 unspecified atom stereocenters. The first-order chi connectivity index (χ1) is 27.0. The van der Waals surface area contributed by atoms with Crippen LogP contribution in [0.1, 0.15) is 121 Å². The number of aryl methyl sites for hydroxylation is 2. The molecule has 1 saturated heterocycles. The number of sulfonamides is 1. The minimum absolute atomic E-state index is 0.0509. The molecule has 1 aromatic carbocycles. The zero-order chi connectivity index (χ0) is 40.4. The number of ether oxygens (including phenoxy) is 2. The molecule has 3 saturated carbocycles. The van der Waals surface area contributed by atoms with Gasteiger partial charge in [0.1, 0.15) is 17.5 Å². The fourth-order valence-electron chi connectivity index (χ4n) is 9.68. The molecule has 0 radical (unpaired) electrons. The molecule has 57 heavy (non-hydrogen) atoms. The molecule has 11 nitrogen and oxygen atoms in total. The number of halogens is 2. The number of rotatable bonds is 6. The van der Waals surface area contributed by atoms with Crippen molar-refractivity contribution in [2.75, 3.05) is 6.54 Å². The molecule has 2 aromatic rings. The molecule has 1 aromatic heterocycles. The van der Waals surface area contributed by atoms with E-state index in [2.05, 4.69) is 4.72 Å². The van der Waals surface area contributed by atoms with Crippen LogP contribution in [0.3, 0.4) is 0 Å². The molecule has 6 aliphatic rings. The SMILES string of the molecule is Cc1nc2ccccc2c2c1O[C@]1(CC2)C[C@H]2C(=O)C[C@]3(C(=O)NS(=O)(=O)C4(C)CC4)C[C@H]3/C=C\CCCCC[C@H](CC(=O)OC3CCC(F)(F)CC3)C(=O)N2C1. The second-order valence-electron chi connectivity index (χ2n) is 18.0. The van der Waals surface area contributed by atoms with Crippen molar-refractivity contribution in [2.45, 2.75) is 151 Å². The highest BCUT2D eigenvalue weighted by molar-refractivity contribution is 7.91. The molecule has 8 rings (SSSR count). The van der Waals surface area contributed by atoms with Crippen molar-refractivity contribution in [3.63, 3.8) is 0 Å². The van der Waals surface area contributed by atoms with Crippen LogP contribution in [-0.2, 0) is 40.4 Å². The first-order valence-electron chi connectivity index (χ1n) is 20.7. The molecule has 1 spiro atoms. The van der Waals surface area contributed by atoms with E-state index in [-0.39, 0.29) is 69.1 Å². The number of pyridine rings is 1. The summed E-state index contributed by atoms with van der Waals surface area (Å²) in [6.45, 7) is 3.56. The van der Waals surface area contributed by atoms with E-state index in [4.69, 9.17) is 14.5 Å². The van der Waals surface area contributed by atoms with Gasteiger partial charge in [0.15, 0.2) is 5.78 Å². The van der Waals surface area contributed by atoms with Gasteiger partial charge in [0, 0.05) is 42.6 Å². The summed E-state index contributed by atoms with van der Waals surface area (Å²) in [6, 6.07) is 6.84. The highest BCUT2D eigenvalue weighted by atomic mass is 32.2. The second kappa shape index (κ2) is 14.7. The molecule has 1 N–H and O–H groups in total. The van der Waals surface area contributed by atoms with Crippen LogP contribution in [-0.4, -0.2) is 76.8 Å². The van der Waals surface area contributed by atoms with Gasteiger partial charge >= 0.3 is 5.97 Å². The van der Waals surface area contributed by atoms with Crippen molar-refractivity contribution in [2.24, 2.45) is 17.3 Å². The van der Waals surface area contributed by atoms with Gasteiger partial charge in [-0.25, -0.2) is 22.2 Å². The van der Waals surface area contributed by atoms with Crippen LogP contribution in [0.2, 0.25) is 0 Å². The Morgan fingerprint density at radius 2 is 1.77 bits per heavy atom. The fourth-order valence-corrected chi connectivity index (χ4v) is 11.0. The predicted octanol–water partition coefficient (Wildman–Crippen LogP) is 6.82. The maximum Gasteiger partial charge on any atom is 0.306 e. The molecular formula is C43H53F2N3O8S. The van der Waals surface area contributed by atoms with Gasteiger partial charge in [-0.1, -0.05) is 43.2 Å². The van der Waals surface area contributed by atoms with Crippen molar-refractivity contribution >= 4 is 44.5 Å². The lowest BCUT2D eigenvalue weighted by Crippen LogP contribution is -2.48. The van der Waals surface area contributed by atoms with Gasteiger partial charge in [-0.3, -0.25) is 23.9 Å². The number of carbonyl (C=O) groups is 4. The number of alkyl halides is 2. The Bertz CT molecular complexity index is 2110. The van der Waals surface area contributed by atoms with Gasteiger partial charge in [-0.2, -0.15) is 0 Å². The van der Waals surface area contributed by atoms with Crippen LogP contribution in [0.4, 0.5) is 8.78 Å². The van der Waals surface area contributed by atoms with Gasteiger partial charge in [0.25, 0.3) is 0 Å². The van der Waals surface area contributed by atoms with E-state index in [1.54, 1.807) is 6.92 Å². The van der Waals surface area contributed by atoms with Crippen molar-refractivity contribution in [1.82, 2.24) is 14.6 Å². The molecule has 308 valence electrons. The normalized spacial score (nSPS) is 31.9. The van der Waals surface area contributed by atoms with Crippen LogP contribution >= 0.6 is 0 Å². The number of para-hydroxylation sites is 1. The summed E-state index contributed by atoms with van der Waals surface area (Å²) in [5, 5.41) is 0.976. The Hall–Kier alpha value is -3.94. The summed E-state index contributed by atoms with van der Waals surface area (Å²) in [6.07, 6.45) is 7.90. The predicted molar refractivity (Wildman–Crippen MR) is 207 cm³/mol. The number of hydrogen-bond donors (Lipinski definition) is 1. The summed E-state index contributed by atoms with van der Waals surface area (Å²) in [5.74, 6) is -5.37. The Morgan fingerprint density at radius 3 is 2.53 bits per heavy atom. The zero-order valence-corrected chi connectivity index (χ0v) is 33.6. The van der Waals surface area contributed by atoms with E-state index >= 15 is 0 Å². The summed E-state index contributed by atoms with van der Waals surface area (Å²) < 4.78 is 68.1. The molecule has 3 aliphatic carbocycles. The third kappa shape index (κ3) is 7.83. The van der Waals surface area contributed by atoms with E-state index < -0.39 is 61.6 Å². The van der Waals surface area contributed by atoms with Crippen molar-refractivity contribution < 1.29 is 45.9 Å². The number of carbonyl (C=O) groups excluding carboxylic acids is 4. The molecule has 0 bridgehead atoms. The van der Waals surface area contributed by atoms with Gasteiger partial charge < -0.3 is 14.4 Å². The third-order valence-corrected chi connectivity index (χ3v) is 15.9. The van der Waals surface area contributed by atoms with Crippen LogP contribution in [0.5, 0.6) is 5.75 Å². The highest BCUT2D eigenvalue weighted by Gasteiger charge is 2.63. The lowest BCUT2D eigenvalue weighted by atomic mass is 9.85. The van der Waals surface area contributed by atoms with E-state index in [0.29, 0.717) is 62.8 Å². The van der Waals surface area contributed by atoms with Crippen LogP contribution < -0.4 is 9.46 Å². The number of aromatic nitrogens is 1. The highest BCUT2D eigenvalue weighted by Crippen LogP contribution is 2.58. The number of esters is 1. The number of allylic oxidation sites excluding steroid dienone is 2. The van der Waals surface area contributed by atoms with Crippen molar-refractivity contribution in [3.05, 3.63) is 47.7 Å². The quantitative estimate of drug-likeness (QED) is 0.245. The maximum atomic E-state index is 14.9. The number of Topliss-reactive ketones (excluding diaryl/α,β-unsaturated/α-hetero) is 1. The number of nitrogens with zero attached hydrogens (tertiary/aromatic N) is 2. The standard InChI is InChI=1S/C43H53F2N3O8S/c1-27-37-32(31-12-8-9-13-33(31)46-27)16-17-41(56-37)24-34-35(49)25-42(39(52)47-57(53,54)40(2)20-21-40)23-29(42)11-7-5-3-4-6-10-28(38(51)48(34)26-41)22-36(50)55-30-14-18-43(44,45)19-15-30/h7-9,11-13,28-30,34H,3-6,10,14-26H2,1-2H3,(H,47,52)/b11-7-/t28-,29-,34+,41-,42-/m1/s1. The summed E-state index contributed by atoms with van der Waals surface area (Å²) >= 11 is 0. The van der Waals surface area contributed by atoms with Crippen LogP contribution in [0, 0.1) is 24.2 Å². The molecule has 4 fully saturated rings. The molecule has 3 aliphatic heterocycles. The third-order valence-electron chi connectivity index (χ3n) is 13.7. The van der Waals surface area contributed by atoms with E-state index in [9.17, 15) is 36.4 Å². The Balaban J connectivity index is 1.10. The van der Waals surface area contributed by atoms with Gasteiger partial charge in [-0.05, 0) is 90.0 Å². The van der Waals surface area contributed by atoms with Gasteiger partial charge in [0.2, 0.25) is 27.8 Å². The average molecular weight is 810 g/mol. The lowest BCUT2D eigenvalue weighted by molar-refractivity contribution is -0.159. The van der Waals surface area contributed by atoms with Gasteiger partial charge in [0.05, 0.1) is 40.4 Å². The average Bonchev–Trinajstić information content (AvgIpc) is 4.06. The summed E-state index contributed by atoms with van der Waals surface area (Å²) in [7, 11) is -3.97. The van der Waals surface area contributed by atoms with Crippen molar-refractivity contribution in [1.29, 1.82) is 0 Å². The molecule has 2 amide bonds. The number of nitrogens with one attached hydrogen (secondary N) is 1. The minimum atomic E-state index is -3.97. The van der Waals surface area contributed by atoms with Crippen molar-refractivity contribution in [3.8, 4) is 5.75 Å². The lowest BCUT2D eigenvalue weighted by Gasteiger charge is -2.36. The molecule has 14 heteroatoms. The smallest absolute Gasteiger partial charge is 0.306 e. The number of ketones is 1. The van der Waals surface area contributed by atoms with Crippen LogP contribution in [0.25, 0.3) is 10.9 Å². The first-order valence-corrected chi connectivity index (χ1v) is 22.2. The minimum Gasteiger partial charge on any atom is -0.483 e. The van der Waals surface area contributed by atoms with Crippen LogP contribution in [0.15, 0.2) is 36.4 Å². The number of fused-ring (bicyclic) bond motifs is 5. The molecule has 4 heterocycles. The Morgan fingerprint density at radius 1 is 1.02 bits per heavy atom. The topological polar surface area (TPSA) is 149 Å². The number of amides is 2. The monoisotopic (exact) mass is 809 g/mol. The molecule has 5 atom stereocenters. The summed E-state index contributed by atoms with van der Waals surface area (Å²) in [4.78, 5) is 63.4. The molecular weight excluding hydrogens is 757 g/mol. The maximum absolute atomic E-state index is 14.9. The first kappa shape index (κ1) is 39.9. The second-order valence-corrected chi connectivity index (χ2v) is 20.2.